The van der Waals surface area contributed by atoms with E-state index in [1.54, 1.807) is 0 Å². The summed E-state index contributed by atoms with van der Waals surface area (Å²) < 4.78 is 12.7. The van der Waals surface area contributed by atoms with E-state index in [0.717, 1.165) is 6.42 Å². The van der Waals surface area contributed by atoms with Gasteiger partial charge in [-0.2, -0.15) is 0 Å². The molecule has 0 aromatic rings. The molecule has 0 spiro atoms. The van der Waals surface area contributed by atoms with E-state index in [-0.39, 0.29) is 17.7 Å². The van der Waals surface area contributed by atoms with Crippen molar-refractivity contribution in [3.8, 4) is 0 Å². The van der Waals surface area contributed by atoms with Gasteiger partial charge in [-0.1, -0.05) is 32.9 Å². The molecule has 0 radical (unpaired) electrons. The molecule has 2 heterocycles. The number of hydrogen-bond donors (Lipinski definition) is 2. The minimum Gasteiger partial charge on any atom is -0.414 e. The zero-order valence-corrected chi connectivity index (χ0v) is 15.7. The Bertz CT molecular complexity index is 429. The summed E-state index contributed by atoms with van der Waals surface area (Å²) in [6.07, 6.45) is 6.46. The summed E-state index contributed by atoms with van der Waals surface area (Å²) in [7, 11) is -1.84. The van der Waals surface area contributed by atoms with Crippen LogP contribution in [0.1, 0.15) is 46.5 Å². The first-order valence-electron chi connectivity index (χ1n) is 8.37. The Balaban J connectivity index is 2.07. The van der Waals surface area contributed by atoms with Crippen LogP contribution < -0.4 is 0 Å². The summed E-state index contributed by atoms with van der Waals surface area (Å²) in [6.45, 7) is 11.8. The molecule has 5 heteroatoms. The maximum Gasteiger partial charge on any atom is 0.192 e. The molecule has 0 amide bonds. The first-order chi connectivity index (χ1) is 10.0. The smallest absolute Gasteiger partial charge is 0.192 e. The number of aliphatic hydroxyl groups is 2. The number of aliphatic hydroxyl groups excluding tert-OH is 2. The zero-order chi connectivity index (χ0) is 16.6. The molecule has 0 aliphatic carbocycles. The predicted molar refractivity (Wildman–Crippen MR) is 90.4 cm³/mol. The third-order valence-corrected chi connectivity index (χ3v) is 9.98. The van der Waals surface area contributed by atoms with Gasteiger partial charge < -0.3 is 19.4 Å². The van der Waals surface area contributed by atoms with Crippen molar-refractivity contribution in [3.05, 3.63) is 12.2 Å². The predicted octanol–water partition coefficient (Wildman–Crippen LogP) is 3.00. The van der Waals surface area contributed by atoms with Gasteiger partial charge in [0, 0.05) is 19.4 Å². The van der Waals surface area contributed by atoms with Gasteiger partial charge in [-0.15, -0.1) is 0 Å². The van der Waals surface area contributed by atoms with Gasteiger partial charge in [-0.25, -0.2) is 0 Å². The summed E-state index contributed by atoms with van der Waals surface area (Å²) in [5, 5.41) is 19.5. The summed E-state index contributed by atoms with van der Waals surface area (Å²) in [4.78, 5) is 0. The fraction of sp³-hybridized carbons (Fsp3) is 0.882. The molecule has 3 atom stereocenters. The Labute approximate surface area is 135 Å². The Morgan fingerprint density at radius 2 is 1.82 bits per heavy atom. The molecular weight excluding hydrogens is 296 g/mol. The SMILES string of the molecule is CC(C)(C)[Si](C)(C)OC[C@]12C=C[C@](CCCO)(C[C@H](O)C1)O2. The lowest BCUT2D eigenvalue weighted by molar-refractivity contribution is -0.174. The standard InChI is InChI=1S/C17H32O4Si/c1-15(2,3)22(4,5)20-13-17-9-8-16(21-17,7-6-10-18)11-14(19)12-17/h8-9,14,18-19H,6-7,10-13H2,1-5H3/t14-,16+,17-/m0/s1. The van der Waals surface area contributed by atoms with Crippen molar-refractivity contribution in [2.75, 3.05) is 13.2 Å². The molecule has 22 heavy (non-hydrogen) atoms. The molecule has 4 nitrogen and oxygen atoms in total. The molecule has 2 aliphatic heterocycles. The van der Waals surface area contributed by atoms with Crippen LogP contribution in [0.3, 0.4) is 0 Å². The molecule has 2 N–H and O–H groups in total. The van der Waals surface area contributed by atoms with E-state index in [9.17, 15) is 5.11 Å². The molecule has 2 rings (SSSR count). The van der Waals surface area contributed by atoms with Crippen LogP contribution in [0, 0.1) is 0 Å². The van der Waals surface area contributed by atoms with Crippen LogP contribution in [0.5, 0.6) is 0 Å². The van der Waals surface area contributed by atoms with Crippen molar-refractivity contribution in [2.24, 2.45) is 0 Å². The van der Waals surface area contributed by atoms with Gasteiger partial charge in [0.15, 0.2) is 8.32 Å². The first-order valence-corrected chi connectivity index (χ1v) is 11.3. The van der Waals surface area contributed by atoms with E-state index in [0.29, 0.717) is 25.9 Å². The molecule has 0 unspecified atom stereocenters. The molecule has 1 fully saturated rings. The van der Waals surface area contributed by atoms with E-state index >= 15 is 0 Å². The lowest BCUT2D eigenvalue weighted by Crippen LogP contribution is -2.52. The summed E-state index contributed by atoms with van der Waals surface area (Å²) in [5.41, 5.74) is -0.917. The fourth-order valence-corrected chi connectivity index (χ4v) is 4.17. The third kappa shape index (κ3) is 3.65. The second kappa shape index (κ2) is 6.02. The minimum absolute atomic E-state index is 0.155. The highest BCUT2D eigenvalue weighted by Gasteiger charge is 2.52. The van der Waals surface area contributed by atoms with Crippen molar-refractivity contribution < 1.29 is 19.4 Å². The normalized spacial score (nSPS) is 35.1. The van der Waals surface area contributed by atoms with E-state index in [2.05, 4.69) is 46.0 Å². The van der Waals surface area contributed by atoms with Crippen LogP contribution in [-0.4, -0.2) is 49.1 Å². The van der Waals surface area contributed by atoms with E-state index in [1.807, 2.05) is 0 Å². The third-order valence-electron chi connectivity index (χ3n) is 5.50. The summed E-state index contributed by atoms with van der Waals surface area (Å²) >= 11 is 0. The number of ether oxygens (including phenoxy) is 1. The molecule has 128 valence electrons. The molecule has 2 aliphatic rings. The largest absolute Gasteiger partial charge is 0.414 e. The van der Waals surface area contributed by atoms with Gasteiger partial charge in [0.25, 0.3) is 0 Å². The van der Waals surface area contributed by atoms with Gasteiger partial charge in [-0.05, 0) is 31.0 Å². The monoisotopic (exact) mass is 328 g/mol. The highest BCUT2D eigenvalue weighted by Crippen LogP contribution is 2.47. The molecule has 0 saturated carbocycles. The highest BCUT2D eigenvalue weighted by molar-refractivity contribution is 6.74. The molecular formula is C17H32O4Si. The van der Waals surface area contributed by atoms with E-state index in [4.69, 9.17) is 14.3 Å². The second-order valence-electron chi connectivity index (χ2n) is 8.50. The van der Waals surface area contributed by atoms with Gasteiger partial charge in [0.1, 0.15) is 5.60 Å². The van der Waals surface area contributed by atoms with E-state index in [1.165, 1.54) is 0 Å². The van der Waals surface area contributed by atoms with E-state index < -0.39 is 19.5 Å². The first kappa shape index (κ1) is 18.1. The van der Waals surface area contributed by atoms with Gasteiger partial charge in [0.05, 0.1) is 18.3 Å². The van der Waals surface area contributed by atoms with Crippen LogP contribution >= 0.6 is 0 Å². The quantitative estimate of drug-likeness (QED) is 0.581. The number of rotatable bonds is 6. The average molecular weight is 329 g/mol. The lowest BCUT2D eigenvalue weighted by Gasteiger charge is -2.45. The maximum absolute atomic E-state index is 10.3. The van der Waals surface area contributed by atoms with Crippen molar-refractivity contribution in [1.29, 1.82) is 0 Å². The summed E-state index contributed by atoms with van der Waals surface area (Å²) in [6, 6.07) is 0. The maximum atomic E-state index is 10.3. The Morgan fingerprint density at radius 3 is 2.41 bits per heavy atom. The van der Waals surface area contributed by atoms with Crippen molar-refractivity contribution in [2.45, 2.75) is 81.9 Å². The molecule has 2 bridgehead atoms. The average Bonchev–Trinajstić information content (AvgIpc) is 2.66. The lowest BCUT2D eigenvalue weighted by atomic mass is 9.87. The van der Waals surface area contributed by atoms with Gasteiger partial charge in [-0.3, -0.25) is 0 Å². The van der Waals surface area contributed by atoms with Crippen LogP contribution in [0.15, 0.2) is 12.2 Å². The minimum atomic E-state index is -1.84. The second-order valence-corrected chi connectivity index (χ2v) is 13.3. The number of fused-ring (bicyclic) bond motifs is 2. The molecule has 0 aromatic heterocycles. The topological polar surface area (TPSA) is 58.9 Å². The molecule has 1 saturated heterocycles. The van der Waals surface area contributed by atoms with Crippen molar-refractivity contribution in [3.63, 3.8) is 0 Å². The van der Waals surface area contributed by atoms with Gasteiger partial charge >= 0.3 is 0 Å². The zero-order valence-electron chi connectivity index (χ0n) is 14.7. The highest BCUT2D eigenvalue weighted by atomic mass is 28.4. The Kier molecular flexibility index (Phi) is 4.96. The van der Waals surface area contributed by atoms with Crippen LogP contribution in [0.2, 0.25) is 18.1 Å². The number of hydrogen-bond acceptors (Lipinski definition) is 4. The van der Waals surface area contributed by atoms with Crippen molar-refractivity contribution in [1.82, 2.24) is 0 Å². The van der Waals surface area contributed by atoms with Crippen molar-refractivity contribution >= 4 is 8.32 Å². The summed E-state index contributed by atoms with van der Waals surface area (Å²) in [5.74, 6) is 0. The van der Waals surface area contributed by atoms with Crippen LogP contribution in [-0.2, 0) is 9.16 Å². The Morgan fingerprint density at radius 1 is 1.23 bits per heavy atom. The van der Waals surface area contributed by atoms with Gasteiger partial charge in [0.2, 0.25) is 0 Å². The van der Waals surface area contributed by atoms with Crippen LogP contribution in [0.25, 0.3) is 0 Å². The fourth-order valence-electron chi connectivity index (χ4n) is 3.14. The van der Waals surface area contributed by atoms with Crippen LogP contribution in [0.4, 0.5) is 0 Å². The molecule has 0 aromatic carbocycles. The Hall–Kier alpha value is -0.203.